The molecule has 1 nitrogen and oxygen atoms in total. The van der Waals surface area contributed by atoms with Crippen molar-refractivity contribution in [1.29, 1.82) is 0 Å². The predicted molar refractivity (Wildman–Crippen MR) is 107 cm³/mol. The van der Waals surface area contributed by atoms with Crippen LogP contribution < -0.4 is 10.6 Å². The molecule has 25 heavy (non-hydrogen) atoms. The fourth-order valence-electron chi connectivity index (χ4n) is 4.07. The topological polar surface area (TPSA) is 17.1 Å². The van der Waals surface area contributed by atoms with Crippen LogP contribution in [0.25, 0.3) is 5.57 Å². The van der Waals surface area contributed by atoms with Crippen LogP contribution in [-0.4, -0.2) is 0 Å². The van der Waals surface area contributed by atoms with Gasteiger partial charge in [-0.25, -0.2) is 0 Å². The monoisotopic (exact) mass is 344 g/mol. The van der Waals surface area contributed by atoms with Gasteiger partial charge >= 0.3 is 0 Å². The summed E-state index contributed by atoms with van der Waals surface area (Å²) in [5.74, 6) is 0. The van der Waals surface area contributed by atoms with Crippen molar-refractivity contribution in [1.82, 2.24) is 0 Å². The lowest BCUT2D eigenvalue weighted by Crippen LogP contribution is -2.31. The smallest absolute Gasteiger partial charge is 0.156 e. The molecule has 0 spiro atoms. The van der Waals surface area contributed by atoms with Gasteiger partial charge in [-0.1, -0.05) is 91.0 Å². The van der Waals surface area contributed by atoms with Gasteiger partial charge in [0.1, 0.15) is 0 Å². The SMILES string of the molecule is CC1=C[C@@](C)(P(=O)(c2ccccc2)c2ccccc2)c2ccccc21. The van der Waals surface area contributed by atoms with Crippen molar-refractivity contribution >= 4 is 23.3 Å². The summed E-state index contributed by atoms with van der Waals surface area (Å²) in [6.45, 7) is 4.24. The van der Waals surface area contributed by atoms with Crippen molar-refractivity contribution in [3.8, 4) is 0 Å². The Hall–Kier alpha value is -2.37. The molecule has 0 saturated carbocycles. The Kier molecular flexibility index (Phi) is 3.78. The van der Waals surface area contributed by atoms with Gasteiger partial charge in [0.25, 0.3) is 0 Å². The molecule has 0 saturated heterocycles. The highest BCUT2D eigenvalue weighted by Crippen LogP contribution is 2.65. The highest BCUT2D eigenvalue weighted by molar-refractivity contribution is 7.79. The average Bonchev–Trinajstić information content (AvgIpc) is 2.95. The minimum absolute atomic E-state index is 0.545. The van der Waals surface area contributed by atoms with Crippen LogP contribution in [-0.2, 0) is 9.72 Å². The summed E-state index contributed by atoms with van der Waals surface area (Å²) in [6.07, 6.45) is 2.21. The van der Waals surface area contributed by atoms with Crippen molar-refractivity contribution in [3.63, 3.8) is 0 Å². The van der Waals surface area contributed by atoms with Crippen molar-refractivity contribution in [3.05, 3.63) is 102 Å². The van der Waals surface area contributed by atoms with Gasteiger partial charge in [0.05, 0.1) is 5.16 Å². The molecule has 1 aliphatic rings. The van der Waals surface area contributed by atoms with E-state index >= 15 is 0 Å². The Bertz CT molecular complexity index is 945. The Morgan fingerprint density at radius 1 is 0.720 bits per heavy atom. The molecule has 0 bridgehead atoms. The van der Waals surface area contributed by atoms with Gasteiger partial charge in [0.15, 0.2) is 7.14 Å². The lowest BCUT2D eigenvalue weighted by molar-refractivity contribution is 0.570. The van der Waals surface area contributed by atoms with Gasteiger partial charge in [-0.05, 0) is 30.5 Å². The minimum Gasteiger partial charge on any atom is -0.312 e. The molecule has 3 aromatic carbocycles. The third-order valence-corrected chi connectivity index (χ3v) is 9.02. The third-order valence-electron chi connectivity index (χ3n) is 5.29. The fraction of sp³-hybridized carbons (Fsp3) is 0.130. The highest BCUT2D eigenvalue weighted by atomic mass is 31.2. The first-order valence-corrected chi connectivity index (χ1v) is 10.3. The first-order chi connectivity index (χ1) is 12.1. The van der Waals surface area contributed by atoms with E-state index in [-0.39, 0.29) is 0 Å². The number of benzene rings is 3. The lowest BCUT2D eigenvalue weighted by atomic mass is 10.0. The van der Waals surface area contributed by atoms with E-state index in [0.717, 1.165) is 16.2 Å². The maximum absolute atomic E-state index is 14.8. The molecule has 0 unspecified atom stereocenters. The summed E-state index contributed by atoms with van der Waals surface area (Å²) < 4.78 is 14.8. The summed E-state index contributed by atoms with van der Waals surface area (Å²) >= 11 is 0. The molecule has 1 aliphatic carbocycles. The maximum atomic E-state index is 14.8. The molecule has 3 aromatic rings. The molecule has 0 N–H and O–H groups in total. The Balaban J connectivity index is 2.06. The highest BCUT2D eigenvalue weighted by Gasteiger charge is 2.49. The van der Waals surface area contributed by atoms with E-state index in [1.54, 1.807) is 0 Å². The van der Waals surface area contributed by atoms with Gasteiger partial charge < -0.3 is 4.57 Å². The van der Waals surface area contributed by atoms with E-state index in [0.29, 0.717) is 0 Å². The van der Waals surface area contributed by atoms with Crippen LogP contribution in [0.1, 0.15) is 25.0 Å². The summed E-state index contributed by atoms with van der Waals surface area (Å²) in [5, 5.41) is 1.27. The van der Waals surface area contributed by atoms with Gasteiger partial charge in [-0.15, -0.1) is 0 Å². The number of fused-ring (bicyclic) bond motifs is 1. The molecule has 0 fully saturated rings. The predicted octanol–water partition coefficient (Wildman–Crippen LogP) is 5.33. The van der Waals surface area contributed by atoms with Crippen LogP contribution in [0.3, 0.4) is 0 Å². The van der Waals surface area contributed by atoms with Gasteiger partial charge in [-0.2, -0.15) is 0 Å². The number of rotatable bonds is 3. The van der Waals surface area contributed by atoms with Crippen molar-refractivity contribution in [2.75, 3.05) is 0 Å². The third kappa shape index (κ3) is 2.27. The van der Waals surface area contributed by atoms with Crippen LogP contribution in [0.5, 0.6) is 0 Å². The van der Waals surface area contributed by atoms with Gasteiger partial charge in [-0.3, -0.25) is 0 Å². The normalized spacial score (nSPS) is 19.4. The van der Waals surface area contributed by atoms with E-state index < -0.39 is 12.3 Å². The second kappa shape index (κ2) is 5.86. The summed E-state index contributed by atoms with van der Waals surface area (Å²) in [7, 11) is -2.93. The van der Waals surface area contributed by atoms with Crippen molar-refractivity contribution < 1.29 is 4.57 Å². The second-order valence-electron chi connectivity index (χ2n) is 6.80. The maximum Gasteiger partial charge on any atom is 0.156 e. The lowest BCUT2D eigenvalue weighted by Gasteiger charge is -2.35. The Morgan fingerprint density at radius 2 is 1.20 bits per heavy atom. The number of hydrogen-bond acceptors (Lipinski definition) is 1. The van der Waals surface area contributed by atoms with E-state index in [2.05, 4.69) is 38.1 Å². The zero-order valence-electron chi connectivity index (χ0n) is 14.5. The average molecular weight is 344 g/mol. The van der Waals surface area contributed by atoms with Gasteiger partial charge in [0.2, 0.25) is 0 Å². The summed E-state index contributed by atoms with van der Waals surface area (Å²) in [4.78, 5) is 0. The molecule has 1 atom stereocenters. The number of hydrogen-bond donors (Lipinski definition) is 0. The van der Waals surface area contributed by atoms with Crippen LogP contribution in [0.2, 0.25) is 0 Å². The standard InChI is InChI=1S/C23H21OP/c1-18-17-23(2,22-16-10-9-15-21(18)22)25(24,19-11-5-3-6-12-19)20-13-7-4-8-14-20/h3-17H,1-2H3/t23-/m1/s1. The zero-order chi connectivity index (χ0) is 17.5. The van der Waals surface area contributed by atoms with Crippen LogP contribution in [0.15, 0.2) is 91.0 Å². The van der Waals surface area contributed by atoms with Crippen LogP contribution in [0, 0.1) is 0 Å². The molecule has 0 radical (unpaired) electrons. The molecule has 2 heteroatoms. The molecular formula is C23H21OP. The fourth-order valence-corrected chi connectivity index (χ4v) is 7.53. The quantitative estimate of drug-likeness (QED) is 0.587. The summed E-state index contributed by atoms with van der Waals surface area (Å²) in [5.41, 5.74) is 3.56. The molecule has 0 aliphatic heterocycles. The van der Waals surface area contributed by atoms with Gasteiger partial charge in [0, 0.05) is 10.6 Å². The first-order valence-electron chi connectivity index (χ1n) is 8.58. The molecule has 4 rings (SSSR count). The zero-order valence-corrected chi connectivity index (χ0v) is 15.4. The van der Waals surface area contributed by atoms with Crippen molar-refractivity contribution in [2.45, 2.75) is 19.0 Å². The largest absolute Gasteiger partial charge is 0.312 e. The van der Waals surface area contributed by atoms with E-state index in [4.69, 9.17) is 0 Å². The summed E-state index contributed by atoms with van der Waals surface area (Å²) in [6, 6.07) is 28.2. The molecule has 0 aromatic heterocycles. The second-order valence-corrected chi connectivity index (χ2v) is 9.98. The van der Waals surface area contributed by atoms with Crippen LogP contribution >= 0.6 is 7.14 Å². The van der Waals surface area contributed by atoms with Crippen molar-refractivity contribution in [2.24, 2.45) is 0 Å². The van der Waals surface area contributed by atoms with E-state index in [1.807, 2.05) is 66.7 Å². The first kappa shape index (κ1) is 16.1. The molecule has 0 heterocycles. The van der Waals surface area contributed by atoms with E-state index in [1.165, 1.54) is 11.1 Å². The van der Waals surface area contributed by atoms with E-state index in [9.17, 15) is 4.57 Å². The molecule has 0 amide bonds. The minimum atomic E-state index is -2.93. The molecule has 124 valence electrons. The Morgan fingerprint density at radius 3 is 1.76 bits per heavy atom. The molecular weight excluding hydrogens is 323 g/mol. The number of allylic oxidation sites excluding steroid dienone is 2. The Labute approximate surface area is 149 Å². The van der Waals surface area contributed by atoms with Crippen LogP contribution in [0.4, 0.5) is 0 Å².